The van der Waals surface area contributed by atoms with Gasteiger partial charge in [-0.3, -0.25) is 4.79 Å². The first-order valence-corrected chi connectivity index (χ1v) is 9.99. The van der Waals surface area contributed by atoms with Gasteiger partial charge in [-0.2, -0.15) is 0 Å². The molecule has 166 valence electrons. The number of carbonyl (C=O) groups is 3. The van der Waals surface area contributed by atoms with Gasteiger partial charge in [0.05, 0.1) is 0 Å². The normalized spacial score (nSPS) is 10.1. The Morgan fingerprint density at radius 1 is 0.697 bits per heavy atom. The average molecular weight is 442 g/mol. The zero-order valence-electron chi connectivity index (χ0n) is 18.3. The van der Waals surface area contributed by atoms with E-state index < -0.39 is 11.9 Å². The maximum Gasteiger partial charge on any atom is 0.338 e. The Morgan fingerprint density at radius 3 is 1.79 bits per heavy atom. The van der Waals surface area contributed by atoms with E-state index in [4.69, 9.17) is 14.2 Å². The maximum absolute atomic E-state index is 12.2. The van der Waals surface area contributed by atoms with Crippen molar-refractivity contribution in [1.82, 2.24) is 0 Å². The molecule has 0 fully saturated rings. The molecule has 0 aliphatic heterocycles. The van der Waals surface area contributed by atoms with E-state index in [0.29, 0.717) is 34.9 Å². The van der Waals surface area contributed by atoms with Crippen molar-refractivity contribution < 1.29 is 28.6 Å². The molecule has 6 nitrogen and oxygen atoms in total. The monoisotopic (exact) mass is 442 g/mol. The summed E-state index contributed by atoms with van der Waals surface area (Å²) in [6, 6.07) is 19.2. The lowest BCUT2D eigenvalue weighted by Crippen LogP contribution is -2.09. The van der Waals surface area contributed by atoms with Crippen LogP contribution in [0.2, 0.25) is 0 Å². The van der Waals surface area contributed by atoms with Gasteiger partial charge in [0.1, 0.15) is 17.2 Å². The molecule has 0 aromatic heterocycles. The summed E-state index contributed by atoms with van der Waals surface area (Å²) >= 11 is 0. The molecule has 0 atom stereocenters. The number of benzene rings is 3. The Kier molecular flexibility index (Phi) is 7.20. The zero-order valence-corrected chi connectivity index (χ0v) is 18.3. The quantitative estimate of drug-likeness (QED) is 0.198. The van der Waals surface area contributed by atoms with Crippen molar-refractivity contribution in [2.45, 2.75) is 13.8 Å². The first kappa shape index (κ1) is 23.2. The van der Waals surface area contributed by atoms with Gasteiger partial charge in [-0.1, -0.05) is 49.6 Å². The minimum Gasteiger partial charge on any atom is -0.429 e. The van der Waals surface area contributed by atoms with E-state index in [2.05, 4.69) is 13.2 Å². The van der Waals surface area contributed by atoms with Crippen molar-refractivity contribution in [2.75, 3.05) is 0 Å². The molecule has 0 saturated heterocycles. The molecule has 0 heterocycles. The van der Waals surface area contributed by atoms with Crippen LogP contribution in [0.1, 0.15) is 13.8 Å². The van der Waals surface area contributed by atoms with Crippen molar-refractivity contribution in [1.29, 1.82) is 0 Å². The first-order chi connectivity index (χ1) is 15.8. The predicted octanol–water partition coefficient (Wildman–Crippen LogP) is 5.52. The van der Waals surface area contributed by atoms with Crippen molar-refractivity contribution in [3.63, 3.8) is 0 Å². The standard InChI is InChI=1S/C27H22O6/c1-17(2)26(29)32-23-12-5-19(6-13-23)21-9-14-24(25(15-21)33-27(30)18(3)4)20-7-10-22(11-8-20)31-16-28/h5-16H,1,3H2,2,4H3. The molecule has 0 saturated carbocycles. The van der Waals surface area contributed by atoms with Crippen molar-refractivity contribution >= 4 is 18.4 Å². The summed E-state index contributed by atoms with van der Waals surface area (Å²) in [6.07, 6.45) is 0. The van der Waals surface area contributed by atoms with Gasteiger partial charge in [0.15, 0.2) is 0 Å². The molecular weight excluding hydrogens is 420 g/mol. The van der Waals surface area contributed by atoms with Crippen LogP contribution in [-0.4, -0.2) is 18.4 Å². The Labute approximate surface area is 191 Å². The van der Waals surface area contributed by atoms with Gasteiger partial charge >= 0.3 is 11.9 Å². The van der Waals surface area contributed by atoms with E-state index in [9.17, 15) is 14.4 Å². The van der Waals surface area contributed by atoms with Gasteiger partial charge in [-0.05, 0) is 60.9 Å². The minimum atomic E-state index is -0.545. The summed E-state index contributed by atoms with van der Waals surface area (Å²) in [6.45, 7) is 10.7. The molecule has 0 unspecified atom stereocenters. The zero-order chi connectivity index (χ0) is 24.0. The smallest absolute Gasteiger partial charge is 0.338 e. The fraction of sp³-hybridized carbons (Fsp3) is 0.0741. The molecule has 0 bridgehead atoms. The van der Waals surface area contributed by atoms with E-state index >= 15 is 0 Å². The summed E-state index contributed by atoms with van der Waals surface area (Å²) in [5.74, 6) is 0.109. The van der Waals surface area contributed by atoms with Crippen LogP contribution in [0.15, 0.2) is 91.0 Å². The highest BCUT2D eigenvalue weighted by atomic mass is 16.5. The van der Waals surface area contributed by atoms with Crippen molar-refractivity contribution in [3.8, 4) is 39.5 Å². The van der Waals surface area contributed by atoms with E-state index in [-0.39, 0.29) is 5.57 Å². The van der Waals surface area contributed by atoms with Gasteiger partial charge in [-0.15, -0.1) is 0 Å². The number of esters is 2. The van der Waals surface area contributed by atoms with Crippen molar-refractivity contribution in [3.05, 3.63) is 91.0 Å². The number of hydrogen-bond donors (Lipinski definition) is 0. The minimum absolute atomic E-state index is 0.268. The third-order valence-electron chi connectivity index (χ3n) is 4.63. The molecule has 3 aromatic rings. The lowest BCUT2D eigenvalue weighted by atomic mass is 9.99. The summed E-state index contributed by atoms with van der Waals surface area (Å²) in [5, 5.41) is 0. The Bertz CT molecular complexity index is 1220. The fourth-order valence-corrected chi connectivity index (χ4v) is 2.89. The van der Waals surface area contributed by atoms with Gasteiger partial charge in [0.25, 0.3) is 6.47 Å². The number of ether oxygens (including phenoxy) is 3. The highest BCUT2D eigenvalue weighted by Crippen LogP contribution is 2.36. The molecule has 0 spiro atoms. The first-order valence-electron chi connectivity index (χ1n) is 9.99. The summed E-state index contributed by atoms with van der Waals surface area (Å²) in [4.78, 5) is 34.5. The number of rotatable bonds is 8. The molecule has 6 heteroatoms. The third kappa shape index (κ3) is 5.83. The van der Waals surface area contributed by atoms with E-state index in [1.54, 1.807) is 68.4 Å². The van der Waals surface area contributed by atoms with Crippen LogP contribution >= 0.6 is 0 Å². The third-order valence-corrected chi connectivity index (χ3v) is 4.63. The molecule has 0 N–H and O–H groups in total. The highest BCUT2D eigenvalue weighted by Gasteiger charge is 2.14. The topological polar surface area (TPSA) is 78.9 Å². The molecule has 0 amide bonds. The van der Waals surface area contributed by atoms with Crippen LogP contribution in [0.3, 0.4) is 0 Å². The molecule has 0 aliphatic carbocycles. The Hall–Kier alpha value is -4.45. The van der Waals surface area contributed by atoms with Crippen LogP contribution in [0, 0.1) is 0 Å². The second kappa shape index (κ2) is 10.2. The molecule has 0 radical (unpaired) electrons. The van der Waals surface area contributed by atoms with E-state index in [1.165, 1.54) is 0 Å². The van der Waals surface area contributed by atoms with Gasteiger partial charge in [-0.25, -0.2) is 9.59 Å². The van der Waals surface area contributed by atoms with Gasteiger partial charge < -0.3 is 14.2 Å². The highest BCUT2D eigenvalue weighted by molar-refractivity contribution is 5.91. The molecule has 33 heavy (non-hydrogen) atoms. The molecule has 3 rings (SSSR count). The fourth-order valence-electron chi connectivity index (χ4n) is 2.89. The Balaban J connectivity index is 1.96. The maximum atomic E-state index is 12.2. The molecule has 3 aromatic carbocycles. The van der Waals surface area contributed by atoms with Crippen LogP contribution in [0.25, 0.3) is 22.3 Å². The van der Waals surface area contributed by atoms with Gasteiger partial charge in [0, 0.05) is 16.7 Å². The largest absolute Gasteiger partial charge is 0.429 e. The average Bonchev–Trinajstić information content (AvgIpc) is 2.80. The molecule has 0 aliphatic rings. The number of carbonyl (C=O) groups excluding carboxylic acids is 3. The number of hydrogen-bond acceptors (Lipinski definition) is 6. The van der Waals surface area contributed by atoms with Crippen LogP contribution in [0.5, 0.6) is 17.2 Å². The van der Waals surface area contributed by atoms with E-state index in [1.807, 2.05) is 12.1 Å². The Morgan fingerprint density at radius 2 is 1.21 bits per heavy atom. The predicted molar refractivity (Wildman–Crippen MR) is 125 cm³/mol. The SMILES string of the molecule is C=C(C)C(=O)Oc1ccc(-c2ccc(-c3ccc(OC=O)cc3)c(OC(=O)C(=C)C)c2)cc1. The second-order valence-corrected chi connectivity index (χ2v) is 7.31. The van der Waals surface area contributed by atoms with Gasteiger partial charge in [0.2, 0.25) is 0 Å². The van der Waals surface area contributed by atoms with Crippen LogP contribution in [0.4, 0.5) is 0 Å². The molecular formula is C27H22O6. The summed E-state index contributed by atoms with van der Waals surface area (Å²) < 4.78 is 15.7. The second-order valence-electron chi connectivity index (χ2n) is 7.31. The summed E-state index contributed by atoms with van der Waals surface area (Å²) in [5.41, 5.74) is 3.65. The van der Waals surface area contributed by atoms with Crippen molar-refractivity contribution in [2.24, 2.45) is 0 Å². The summed E-state index contributed by atoms with van der Waals surface area (Å²) in [7, 11) is 0. The lowest BCUT2D eigenvalue weighted by molar-refractivity contribution is -0.130. The van der Waals surface area contributed by atoms with E-state index in [0.717, 1.165) is 16.7 Å². The van der Waals surface area contributed by atoms with Crippen LogP contribution in [-0.2, 0) is 14.4 Å². The lowest BCUT2D eigenvalue weighted by Gasteiger charge is -2.13. The van der Waals surface area contributed by atoms with Crippen LogP contribution < -0.4 is 14.2 Å².